The second kappa shape index (κ2) is 5.97. The van der Waals surface area contributed by atoms with Crippen LogP contribution in [0.2, 0.25) is 0 Å². The van der Waals surface area contributed by atoms with Gasteiger partial charge >= 0.3 is 0 Å². The molecule has 0 saturated heterocycles. The van der Waals surface area contributed by atoms with Crippen molar-refractivity contribution in [2.45, 2.75) is 44.6 Å². The lowest BCUT2D eigenvalue weighted by Gasteiger charge is -2.37. The number of rotatable bonds is 4. The van der Waals surface area contributed by atoms with Crippen molar-refractivity contribution in [1.29, 1.82) is 5.26 Å². The highest BCUT2D eigenvalue weighted by molar-refractivity contribution is 5.59. The van der Waals surface area contributed by atoms with Crippen LogP contribution in [-0.2, 0) is 0 Å². The number of anilines is 1. The van der Waals surface area contributed by atoms with E-state index in [0.29, 0.717) is 5.92 Å². The molecule has 1 aromatic rings. The first kappa shape index (κ1) is 13.7. The molecule has 1 aliphatic carbocycles. The SMILES string of the molecule is CCC1CCCC(C#N)(Nc2ccccc2OC)C1. The molecule has 1 N–H and O–H groups in total. The number of benzene rings is 1. The van der Waals surface area contributed by atoms with Gasteiger partial charge in [0.2, 0.25) is 0 Å². The number of para-hydroxylation sites is 2. The summed E-state index contributed by atoms with van der Waals surface area (Å²) >= 11 is 0. The van der Waals surface area contributed by atoms with Gasteiger partial charge in [-0.15, -0.1) is 0 Å². The molecule has 1 aromatic carbocycles. The summed E-state index contributed by atoms with van der Waals surface area (Å²) in [6.45, 7) is 2.21. The first-order chi connectivity index (χ1) is 9.23. The van der Waals surface area contributed by atoms with Crippen molar-refractivity contribution in [2.75, 3.05) is 12.4 Å². The van der Waals surface area contributed by atoms with E-state index in [1.165, 1.54) is 6.42 Å². The molecule has 0 aromatic heterocycles. The van der Waals surface area contributed by atoms with Crippen LogP contribution in [0.5, 0.6) is 5.75 Å². The molecule has 0 radical (unpaired) electrons. The van der Waals surface area contributed by atoms with E-state index in [0.717, 1.165) is 37.1 Å². The third kappa shape index (κ3) is 3.01. The van der Waals surface area contributed by atoms with E-state index in [2.05, 4.69) is 18.3 Å². The molecule has 2 rings (SSSR count). The molecule has 19 heavy (non-hydrogen) atoms. The molecule has 0 amide bonds. The molecule has 0 spiro atoms. The van der Waals surface area contributed by atoms with Crippen LogP contribution in [0.3, 0.4) is 0 Å². The van der Waals surface area contributed by atoms with Gasteiger partial charge in [-0.1, -0.05) is 31.9 Å². The topological polar surface area (TPSA) is 45.0 Å². The normalized spacial score (nSPS) is 26.5. The first-order valence-electron chi connectivity index (χ1n) is 7.05. The van der Waals surface area contributed by atoms with Gasteiger partial charge in [0.1, 0.15) is 11.3 Å². The van der Waals surface area contributed by atoms with Gasteiger partial charge in [-0.05, 0) is 37.3 Å². The quantitative estimate of drug-likeness (QED) is 0.888. The van der Waals surface area contributed by atoms with E-state index < -0.39 is 5.54 Å². The van der Waals surface area contributed by atoms with Crippen molar-refractivity contribution in [2.24, 2.45) is 5.92 Å². The number of nitriles is 1. The lowest BCUT2D eigenvalue weighted by atomic mass is 9.75. The fourth-order valence-corrected chi connectivity index (χ4v) is 2.99. The maximum atomic E-state index is 9.63. The van der Waals surface area contributed by atoms with Crippen LogP contribution < -0.4 is 10.1 Å². The van der Waals surface area contributed by atoms with E-state index in [4.69, 9.17) is 4.74 Å². The van der Waals surface area contributed by atoms with Crippen molar-refractivity contribution in [3.8, 4) is 11.8 Å². The van der Waals surface area contributed by atoms with Gasteiger partial charge < -0.3 is 10.1 Å². The van der Waals surface area contributed by atoms with Gasteiger partial charge in [0, 0.05) is 0 Å². The van der Waals surface area contributed by atoms with Gasteiger partial charge in [-0.2, -0.15) is 5.26 Å². The van der Waals surface area contributed by atoms with Crippen LogP contribution in [0.25, 0.3) is 0 Å². The number of ether oxygens (including phenoxy) is 1. The molecule has 3 heteroatoms. The molecule has 2 atom stereocenters. The molecule has 1 aliphatic rings. The van der Waals surface area contributed by atoms with Crippen molar-refractivity contribution in [1.82, 2.24) is 0 Å². The first-order valence-corrected chi connectivity index (χ1v) is 7.05. The van der Waals surface area contributed by atoms with Gasteiger partial charge in [-0.3, -0.25) is 0 Å². The zero-order valence-electron chi connectivity index (χ0n) is 11.8. The molecule has 3 nitrogen and oxygen atoms in total. The highest BCUT2D eigenvalue weighted by Gasteiger charge is 2.36. The number of methoxy groups -OCH3 is 1. The second-order valence-corrected chi connectivity index (χ2v) is 5.39. The van der Waals surface area contributed by atoms with E-state index in [9.17, 15) is 5.26 Å². The Kier molecular flexibility index (Phi) is 4.31. The lowest BCUT2D eigenvalue weighted by molar-refractivity contribution is 0.283. The van der Waals surface area contributed by atoms with Crippen LogP contribution in [0.4, 0.5) is 5.69 Å². The van der Waals surface area contributed by atoms with Gasteiger partial charge in [0.15, 0.2) is 0 Å². The fourth-order valence-electron chi connectivity index (χ4n) is 2.99. The van der Waals surface area contributed by atoms with Crippen molar-refractivity contribution in [3.63, 3.8) is 0 Å². The predicted molar refractivity (Wildman–Crippen MR) is 77.2 cm³/mol. The molecular formula is C16H22N2O. The third-order valence-corrected chi connectivity index (χ3v) is 4.13. The van der Waals surface area contributed by atoms with Crippen LogP contribution in [0.1, 0.15) is 39.0 Å². The summed E-state index contributed by atoms with van der Waals surface area (Å²) in [5.74, 6) is 1.45. The Morgan fingerprint density at radius 2 is 2.26 bits per heavy atom. The summed E-state index contributed by atoms with van der Waals surface area (Å²) < 4.78 is 5.36. The Bertz CT molecular complexity index is 466. The minimum absolute atomic E-state index is 0.437. The summed E-state index contributed by atoms with van der Waals surface area (Å²) in [6, 6.07) is 10.3. The summed E-state index contributed by atoms with van der Waals surface area (Å²) in [5, 5.41) is 13.1. The molecular weight excluding hydrogens is 236 g/mol. The molecule has 0 bridgehead atoms. The maximum Gasteiger partial charge on any atom is 0.141 e. The van der Waals surface area contributed by atoms with Crippen LogP contribution >= 0.6 is 0 Å². The highest BCUT2D eigenvalue weighted by atomic mass is 16.5. The van der Waals surface area contributed by atoms with Gasteiger partial charge in [0.05, 0.1) is 18.9 Å². The van der Waals surface area contributed by atoms with Crippen LogP contribution in [0.15, 0.2) is 24.3 Å². The number of nitrogens with one attached hydrogen (secondary N) is 1. The predicted octanol–water partition coefficient (Wildman–Crippen LogP) is 3.97. The summed E-state index contributed by atoms with van der Waals surface area (Å²) in [6.07, 6.45) is 5.36. The Morgan fingerprint density at radius 3 is 2.95 bits per heavy atom. The maximum absolute atomic E-state index is 9.63. The Morgan fingerprint density at radius 1 is 1.47 bits per heavy atom. The van der Waals surface area contributed by atoms with E-state index in [1.54, 1.807) is 7.11 Å². The molecule has 1 saturated carbocycles. The molecule has 102 valence electrons. The number of hydrogen-bond acceptors (Lipinski definition) is 3. The number of nitrogens with zero attached hydrogens (tertiary/aromatic N) is 1. The summed E-state index contributed by atoms with van der Waals surface area (Å²) in [5.41, 5.74) is 0.483. The average Bonchev–Trinajstić information content (AvgIpc) is 2.48. The van der Waals surface area contributed by atoms with Crippen molar-refractivity contribution < 1.29 is 4.74 Å². The van der Waals surface area contributed by atoms with E-state index >= 15 is 0 Å². The molecule has 0 aliphatic heterocycles. The van der Waals surface area contributed by atoms with Crippen molar-refractivity contribution >= 4 is 5.69 Å². The minimum atomic E-state index is -0.437. The van der Waals surface area contributed by atoms with Crippen molar-refractivity contribution in [3.05, 3.63) is 24.3 Å². The minimum Gasteiger partial charge on any atom is -0.495 e. The van der Waals surface area contributed by atoms with Gasteiger partial charge in [0.25, 0.3) is 0 Å². The molecule has 1 fully saturated rings. The highest BCUT2D eigenvalue weighted by Crippen LogP contribution is 2.38. The smallest absolute Gasteiger partial charge is 0.141 e. The Labute approximate surface area is 115 Å². The monoisotopic (exact) mass is 258 g/mol. The lowest BCUT2D eigenvalue weighted by Crippen LogP contribution is -2.41. The molecule has 2 unspecified atom stereocenters. The van der Waals surface area contributed by atoms with Crippen LogP contribution in [0, 0.1) is 17.2 Å². The number of hydrogen-bond donors (Lipinski definition) is 1. The summed E-state index contributed by atoms with van der Waals surface area (Å²) in [7, 11) is 1.66. The second-order valence-electron chi connectivity index (χ2n) is 5.39. The van der Waals surface area contributed by atoms with Gasteiger partial charge in [-0.25, -0.2) is 0 Å². The van der Waals surface area contributed by atoms with E-state index in [1.807, 2.05) is 24.3 Å². The zero-order chi connectivity index (χ0) is 13.7. The standard InChI is InChI=1S/C16H22N2O/c1-3-13-7-6-10-16(11-13,12-17)18-14-8-4-5-9-15(14)19-2/h4-5,8-9,13,18H,3,6-7,10-11H2,1-2H3. The largest absolute Gasteiger partial charge is 0.495 e. The third-order valence-electron chi connectivity index (χ3n) is 4.13. The average molecular weight is 258 g/mol. The Balaban J connectivity index is 2.21. The van der Waals surface area contributed by atoms with E-state index in [-0.39, 0.29) is 0 Å². The fraction of sp³-hybridized carbons (Fsp3) is 0.562. The molecule has 0 heterocycles. The zero-order valence-corrected chi connectivity index (χ0v) is 11.8. The Hall–Kier alpha value is -1.69. The summed E-state index contributed by atoms with van der Waals surface area (Å²) in [4.78, 5) is 0. The van der Waals surface area contributed by atoms with Crippen LogP contribution in [-0.4, -0.2) is 12.6 Å².